The molecule has 3 aliphatic carbocycles. The van der Waals surface area contributed by atoms with E-state index in [1.807, 2.05) is 0 Å². The third-order valence-corrected chi connectivity index (χ3v) is 6.82. The molecule has 0 aromatic heterocycles. The first-order chi connectivity index (χ1) is 15.6. The molecule has 0 radical (unpaired) electrons. The van der Waals surface area contributed by atoms with Gasteiger partial charge in [-0.15, -0.1) is 0 Å². The van der Waals surface area contributed by atoms with E-state index in [0.29, 0.717) is 17.5 Å². The molecule has 0 fully saturated rings. The fourth-order valence-corrected chi connectivity index (χ4v) is 5.16. The number of hydrogen-bond donors (Lipinski definition) is 5. The summed E-state index contributed by atoms with van der Waals surface area (Å²) in [5.74, 6) is -0.217. The van der Waals surface area contributed by atoms with Gasteiger partial charge in [0.05, 0.1) is 5.56 Å². The molecule has 33 heavy (non-hydrogen) atoms. The van der Waals surface area contributed by atoms with Gasteiger partial charge in [-0.1, -0.05) is 25.2 Å². The normalized spacial score (nSPS) is 26.2. The zero-order valence-corrected chi connectivity index (χ0v) is 18.1. The first-order valence-corrected chi connectivity index (χ1v) is 10.9. The lowest BCUT2D eigenvalue weighted by Gasteiger charge is -2.45. The summed E-state index contributed by atoms with van der Waals surface area (Å²) in [4.78, 5) is 38.0. The number of rotatable bonds is 3. The summed E-state index contributed by atoms with van der Waals surface area (Å²) in [5.41, 5.74) is 2.82. The number of aliphatic hydroxyl groups excluding tert-OH is 2. The van der Waals surface area contributed by atoms with Gasteiger partial charge >= 0.3 is 0 Å². The van der Waals surface area contributed by atoms with Gasteiger partial charge in [0.25, 0.3) is 5.91 Å². The SMILES string of the molecule is CCCCC#Cc1ccc(O)c2c1C[C@H]1C[C@H]3CC(O)=C(C(N)=O)C(=O)[C@@]3(O)C(O)=C1C2=O. The van der Waals surface area contributed by atoms with Gasteiger partial charge in [0.15, 0.2) is 11.4 Å². The zero-order valence-electron chi connectivity index (χ0n) is 18.1. The van der Waals surface area contributed by atoms with E-state index in [0.717, 1.165) is 12.8 Å². The van der Waals surface area contributed by atoms with Gasteiger partial charge in [-0.3, -0.25) is 14.4 Å². The topological polar surface area (TPSA) is 158 Å². The molecule has 6 N–H and O–H groups in total. The number of ketones is 2. The molecule has 0 heterocycles. The monoisotopic (exact) mass is 451 g/mol. The summed E-state index contributed by atoms with van der Waals surface area (Å²) in [5, 5.41) is 42.8. The van der Waals surface area contributed by atoms with Crippen LogP contribution in [0.5, 0.6) is 5.75 Å². The largest absolute Gasteiger partial charge is 0.511 e. The lowest BCUT2D eigenvalue weighted by atomic mass is 9.60. The Morgan fingerprint density at radius 3 is 2.61 bits per heavy atom. The van der Waals surface area contributed by atoms with Crippen LogP contribution in [0.1, 0.15) is 60.5 Å². The Kier molecular flexibility index (Phi) is 5.54. The number of carbonyl (C=O) groups is 3. The number of allylic oxidation sites excluding steroid dienone is 2. The second kappa shape index (κ2) is 8.09. The number of aromatic hydroxyl groups is 1. The average Bonchev–Trinajstić information content (AvgIpc) is 2.75. The van der Waals surface area contributed by atoms with E-state index in [9.17, 15) is 34.8 Å². The highest BCUT2D eigenvalue weighted by Crippen LogP contribution is 2.51. The van der Waals surface area contributed by atoms with Crippen molar-refractivity contribution in [2.24, 2.45) is 17.6 Å². The smallest absolute Gasteiger partial charge is 0.255 e. The van der Waals surface area contributed by atoms with Crippen LogP contribution in [0.2, 0.25) is 0 Å². The average molecular weight is 451 g/mol. The Morgan fingerprint density at radius 1 is 1.21 bits per heavy atom. The van der Waals surface area contributed by atoms with E-state index in [-0.39, 0.29) is 36.1 Å². The maximum absolute atomic E-state index is 13.4. The fraction of sp³-hybridized carbons (Fsp3) is 0.400. The van der Waals surface area contributed by atoms with Crippen LogP contribution in [0, 0.1) is 23.7 Å². The standard InChI is InChI=1S/C25H25NO7/c1-2-3-4-5-6-12-7-8-16(27)19-15(12)10-13-9-14-11-17(28)20(24(26)32)23(31)25(14,33)22(30)18(13)21(19)29/h7-8,13-14,27-28,30,33H,2-4,9-11H2,1H3,(H2,26,32)/t13-,14+,25+/m1/s1. The van der Waals surface area contributed by atoms with Gasteiger partial charge in [-0.05, 0) is 42.9 Å². The summed E-state index contributed by atoms with van der Waals surface area (Å²) in [7, 11) is 0. The molecule has 0 aliphatic heterocycles. The Morgan fingerprint density at radius 2 is 1.94 bits per heavy atom. The van der Waals surface area contributed by atoms with Gasteiger partial charge in [0.1, 0.15) is 22.8 Å². The van der Waals surface area contributed by atoms with Crippen molar-refractivity contribution in [3.05, 3.63) is 51.5 Å². The molecule has 1 aromatic carbocycles. The number of phenolic OH excluding ortho intramolecular Hbond substituents is 1. The van der Waals surface area contributed by atoms with Gasteiger partial charge in [0.2, 0.25) is 5.78 Å². The van der Waals surface area contributed by atoms with E-state index in [1.165, 1.54) is 6.07 Å². The molecular weight excluding hydrogens is 426 g/mol. The molecule has 8 heteroatoms. The number of Topliss-reactive ketones (excluding diaryl/α,β-unsaturated/α-hetero) is 2. The predicted octanol–water partition coefficient (Wildman–Crippen LogP) is 2.12. The number of benzene rings is 1. The summed E-state index contributed by atoms with van der Waals surface area (Å²) in [6.07, 6.45) is 2.73. The molecule has 1 amide bonds. The first-order valence-electron chi connectivity index (χ1n) is 10.9. The van der Waals surface area contributed by atoms with Crippen molar-refractivity contribution in [1.29, 1.82) is 0 Å². The number of nitrogens with two attached hydrogens (primary N) is 1. The van der Waals surface area contributed by atoms with Crippen LogP contribution in [0.15, 0.2) is 34.8 Å². The number of amides is 1. The lowest BCUT2D eigenvalue weighted by molar-refractivity contribution is -0.144. The van der Waals surface area contributed by atoms with Crippen LogP contribution in [0.3, 0.4) is 0 Å². The molecule has 0 spiro atoms. The maximum atomic E-state index is 13.4. The van der Waals surface area contributed by atoms with Gasteiger partial charge in [-0.25, -0.2) is 0 Å². The van der Waals surface area contributed by atoms with E-state index in [1.54, 1.807) is 6.07 Å². The quantitative estimate of drug-likeness (QED) is 0.267. The van der Waals surface area contributed by atoms with Gasteiger partial charge in [-0.2, -0.15) is 0 Å². The van der Waals surface area contributed by atoms with Crippen molar-refractivity contribution < 1.29 is 34.8 Å². The van der Waals surface area contributed by atoms with E-state index in [4.69, 9.17) is 5.73 Å². The number of fused-ring (bicyclic) bond motifs is 3. The Labute approximate surface area is 190 Å². The summed E-state index contributed by atoms with van der Waals surface area (Å²) < 4.78 is 0. The minimum atomic E-state index is -2.55. The summed E-state index contributed by atoms with van der Waals surface area (Å²) in [6.45, 7) is 2.06. The van der Waals surface area contributed by atoms with Crippen LogP contribution in [-0.2, 0) is 16.0 Å². The van der Waals surface area contributed by atoms with E-state index >= 15 is 0 Å². The van der Waals surface area contributed by atoms with Crippen molar-refractivity contribution >= 4 is 17.5 Å². The molecule has 0 saturated heterocycles. The van der Waals surface area contributed by atoms with Gasteiger partial charge < -0.3 is 26.2 Å². The zero-order chi connectivity index (χ0) is 24.1. The molecule has 8 nitrogen and oxygen atoms in total. The number of aliphatic hydroxyl groups is 3. The van der Waals surface area contributed by atoms with Crippen LogP contribution in [-0.4, -0.2) is 43.5 Å². The molecular formula is C25H25NO7. The van der Waals surface area contributed by atoms with Crippen LogP contribution in [0.4, 0.5) is 0 Å². The second-order valence-electron chi connectivity index (χ2n) is 8.80. The lowest BCUT2D eigenvalue weighted by Crippen LogP contribution is -2.57. The number of hydrogen-bond acceptors (Lipinski definition) is 7. The molecule has 3 atom stereocenters. The highest BCUT2D eigenvalue weighted by molar-refractivity contribution is 6.24. The van der Waals surface area contributed by atoms with Crippen molar-refractivity contribution in [3.8, 4) is 17.6 Å². The molecule has 1 aromatic rings. The predicted molar refractivity (Wildman–Crippen MR) is 117 cm³/mol. The number of phenols is 1. The highest BCUT2D eigenvalue weighted by Gasteiger charge is 2.59. The van der Waals surface area contributed by atoms with Crippen molar-refractivity contribution in [1.82, 2.24) is 0 Å². The molecule has 0 saturated carbocycles. The molecule has 3 aliphatic rings. The number of carbonyl (C=O) groups excluding carboxylic acids is 3. The maximum Gasteiger partial charge on any atom is 0.255 e. The van der Waals surface area contributed by atoms with Crippen molar-refractivity contribution in [2.45, 2.75) is 51.0 Å². The third-order valence-electron chi connectivity index (χ3n) is 6.82. The summed E-state index contributed by atoms with van der Waals surface area (Å²) in [6, 6.07) is 3.00. The van der Waals surface area contributed by atoms with Crippen LogP contribution < -0.4 is 5.73 Å². The van der Waals surface area contributed by atoms with Gasteiger partial charge in [0, 0.05) is 29.9 Å². The molecule has 4 rings (SSSR count). The minimum absolute atomic E-state index is 0.0195. The van der Waals surface area contributed by atoms with Crippen molar-refractivity contribution in [2.75, 3.05) is 0 Å². The number of primary amides is 1. The highest BCUT2D eigenvalue weighted by atomic mass is 16.3. The molecule has 0 unspecified atom stereocenters. The second-order valence-corrected chi connectivity index (χ2v) is 8.80. The van der Waals surface area contributed by atoms with Crippen LogP contribution >= 0.6 is 0 Å². The Balaban J connectivity index is 1.84. The molecule has 172 valence electrons. The first kappa shape index (κ1) is 22.6. The van der Waals surface area contributed by atoms with Crippen molar-refractivity contribution in [3.63, 3.8) is 0 Å². The fourth-order valence-electron chi connectivity index (χ4n) is 5.16. The number of unbranched alkanes of at least 4 members (excludes halogenated alkanes) is 2. The molecule has 0 bridgehead atoms. The minimum Gasteiger partial charge on any atom is -0.511 e. The van der Waals surface area contributed by atoms with Crippen LogP contribution in [0.25, 0.3) is 0 Å². The van der Waals surface area contributed by atoms with E-state index in [2.05, 4.69) is 18.8 Å². The Bertz CT molecular complexity index is 1210. The van der Waals surface area contributed by atoms with E-state index < -0.39 is 52.0 Å². The Hall–Kier alpha value is -3.57. The third kappa shape index (κ3) is 3.31. The summed E-state index contributed by atoms with van der Waals surface area (Å²) >= 11 is 0.